The minimum absolute atomic E-state index is 0.100. The third-order valence-electron chi connectivity index (χ3n) is 2.17. The van der Waals surface area contributed by atoms with Gasteiger partial charge in [0.25, 0.3) is 0 Å². The molecule has 88 valence electrons. The monoisotopic (exact) mass is 270 g/mol. The van der Waals surface area contributed by atoms with Gasteiger partial charge in [-0.15, -0.1) is 0 Å². The maximum Gasteiger partial charge on any atom is 0.212 e. The molecule has 0 fully saturated rings. The third-order valence-corrected chi connectivity index (χ3v) is 2.70. The Bertz CT molecular complexity index is 533. The summed E-state index contributed by atoms with van der Waals surface area (Å²) in [5, 5.41) is 10.3. The number of ketones is 1. The minimum atomic E-state index is -0.295. The molecule has 17 heavy (non-hydrogen) atoms. The molecule has 0 radical (unpaired) electrons. The van der Waals surface area contributed by atoms with Crippen LogP contribution in [0.1, 0.15) is 6.42 Å². The number of aliphatic hydroxyl groups is 1. The molecule has 0 amide bonds. The number of benzene rings is 1. The van der Waals surface area contributed by atoms with Crippen molar-refractivity contribution in [2.75, 3.05) is 0 Å². The smallest absolute Gasteiger partial charge is 0.212 e. The van der Waals surface area contributed by atoms with Gasteiger partial charge in [0.2, 0.25) is 11.5 Å². The van der Waals surface area contributed by atoms with E-state index >= 15 is 0 Å². The highest BCUT2D eigenvalue weighted by Crippen LogP contribution is 2.30. The average Bonchev–Trinajstić information content (AvgIpc) is 2.26. The lowest BCUT2D eigenvalue weighted by Crippen LogP contribution is -2.13. The number of halogens is 2. The van der Waals surface area contributed by atoms with Gasteiger partial charge in [0.05, 0.1) is 5.02 Å². The van der Waals surface area contributed by atoms with Crippen molar-refractivity contribution in [1.82, 2.24) is 0 Å². The highest BCUT2D eigenvalue weighted by Gasteiger charge is 2.20. The number of ether oxygens (including phenoxy) is 1. The van der Waals surface area contributed by atoms with E-state index < -0.39 is 0 Å². The van der Waals surface area contributed by atoms with Gasteiger partial charge in [-0.05, 0) is 24.3 Å². The predicted molar refractivity (Wildman–Crippen MR) is 65.5 cm³/mol. The van der Waals surface area contributed by atoms with Crippen molar-refractivity contribution in [1.29, 1.82) is 0 Å². The largest absolute Gasteiger partial charge is 0.504 e. The van der Waals surface area contributed by atoms with E-state index in [0.29, 0.717) is 5.02 Å². The second-order valence-corrected chi connectivity index (χ2v) is 4.26. The van der Waals surface area contributed by atoms with E-state index in [2.05, 4.69) is 0 Å². The van der Waals surface area contributed by atoms with Crippen LogP contribution in [0.3, 0.4) is 0 Å². The fourth-order valence-electron chi connectivity index (χ4n) is 1.37. The van der Waals surface area contributed by atoms with Crippen molar-refractivity contribution >= 4 is 29.0 Å². The molecule has 0 bridgehead atoms. The summed E-state index contributed by atoms with van der Waals surface area (Å²) in [6, 6.07) is 4.62. The third kappa shape index (κ3) is 2.62. The molecule has 0 aromatic heterocycles. The molecule has 0 aliphatic heterocycles. The molecule has 0 unspecified atom stereocenters. The van der Waals surface area contributed by atoms with Gasteiger partial charge in [-0.1, -0.05) is 29.3 Å². The molecule has 0 atom stereocenters. The lowest BCUT2D eigenvalue weighted by atomic mass is 10.1. The fraction of sp³-hybridized carbons (Fsp3) is 0.0833. The van der Waals surface area contributed by atoms with Crippen LogP contribution in [0.25, 0.3) is 0 Å². The summed E-state index contributed by atoms with van der Waals surface area (Å²) >= 11 is 11.6. The Morgan fingerprint density at radius 3 is 2.71 bits per heavy atom. The molecule has 0 saturated carbocycles. The zero-order valence-corrected chi connectivity index (χ0v) is 10.1. The van der Waals surface area contributed by atoms with E-state index in [1.54, 1.807) is 12.1 Å². The number of aliphatic hydroxyl groups excluding tert-OH is 1. The molecule has 3 nitrogen and oxygen atoms in total. The van der Waals surface area contributed by atoms with E-state index in [1.165, 1.54) is 18.2 Å². The first-order valence-corrected chi connectivity index (χ1v) is 5.59. The first kappa shape index (κ1) is 12.0. The highest BCUT2D eigenvalue weighted by molar-refractivity contribution is 6.35. The molecule has 0 heterocycles. The van der Waals surface area contributed by atoms with Crippen LogP contribution in [0.5, 0.6) is 5.75 Å². The maximum atomic E-state index is 11.5. The van der Waals surface area contributed by atoms with Crippen LogP contribution in [0.4, 0.5) is 0 Å². The van der Waals surface area contributed by atoms with Gasteiger partial charge in [-0.3, -0.25) is 4.79 Å². The van der Waals surface area contributed by atoms with Crippen LogP contribution in [0, 0.1) is 0 Å². The van der Waals surface area contributed by atoms with E-state index in [9.17, 15) is 9.90 Å². The molecular weight excluding hydrogens is 263 g/mol. The quantitative estimate of drug-likeness (QED) is 0.892. The first-order valence-electron chi connectivity index (χ1n) is 4.84. The lowest BCUT2D eigenvalue weighted by molar-refractivity contribution is -0.117. The molecule has 0 saturated heterocycles. The number of Topliss-reactive ketones (excluding diaryl/α,β-unsaturated/α-hetero) is 1. The van der Waals surface area contributed by atoms with Crippen LogP contribution in [-0.4, -0.2) is 10.9 Å². The normalized spacial score (nSPS) is 15.3. The second-order valence-electron chi connectivity index (χ2n) is 3.42. The molecule has 0 spiro atoms. The van der Waals surface area contributed by atoms with E-state index in [0.717, 1.165) is 0 Å². The first-order chi connectivity index (χ1) is 8.08. The van der Waals surface area contributed by atoms with Crippen LogP contribution in [0.2, 0.25) is 10.0 Å². The lowest BCUT2D eigenvalue weighted by Gasteiger charge is -2.13. The topological polar surface area (TPSA) is 46.5 Å². The Morgan fingerprint density at radius 1 is 1.29 bits per heavy atom. The Hall–Kier alpha value is -1.45. The molecule has 1 aliphatic carbocycles. The SMILES string of the molecule is O=C1CC=CC(O)=C1Oc1ccc(Cl)cc1Cl. The van der Waals surface area contributed by atoms with E-state index in [-0.39, 0.29) is 34.5 Å². The van der Waals surface area contributed by atoms with Crippen molar-refractivity contribution in [2.45, 2.75) is 6.42 Å². The summed E-state index contributed by atoms with van der Waals surface area (Å²) in [5.41, 5.74) is 0. The Morgan fingerprint density at radius 2 is 2.06 bits per heavy atom. The maximum absolute atomic E-state index is 11.5. The summed E-state index contributed by atoms with van der Waals surface area (Å²) in [6.07, 6.45) is 3.18. The summed E-state index contributed by atoms with van der Waals surface area (Å²) in [5.74, 6) is -0.318. The Kier molecular flexibility index (Phi) is 3.41. The van der Waals surface area contributed by atoms with Gasteiger partial charge in [0, 0.05) is 11.4 Å². The highest BCUT2D eigenvalue weighted by atomic mass is 35.5. The molecule has 2 rings (SSSR count). The Labute approximate surface area is 108 Å². The summed E-state index contributed by atoms with van der Waals surface area (Å²) in [7, 11) is 0. The number of carbonyl (C=O) groups excluding carboxylic acids is 1. The van der Waals surface area contributed by atoms with Crippen molar-refractivity contribution in [2.24, 2.45) is 0 Å². The van der Waals surface area contributed by atoms with Gasteiger partial charge in [-0.2, -0.15) is 0 Å². The van der Waals surface area contributed by atoms with Crippen LogP contribution in [-0.2, 0) is 4.79 Å². The minimum Gasteiger partial charge on any atom is -0.504 e. The van der Waals surface area contributed by atoms with Gasteiger partial charge in [-0.25, -0.2) is 0 Å². The molecule has 1 aromatic carbocycles. The standard InChI is InChI=1S/C12H8Cl2O3/c13-7-4-5-11(8(14)6-7)17-12-9(15)2-1-3-10(12)16/h1-2,4-6,15H,3H2. The van der Waals surface area contributed by atoms with Crippen molar-refractivity contribution in [3.05, 3.63) is 51.9 Å². The number of hydrogen-bond donors (Lipinski definition) is 1. The number of rotatable bonds is 2. The average molecular weight is 271 g/mol. The molecular formula is C12H8Cl2O3. The van der Waals surface area contributed by atoms with Crippen LogP contribution in [0.15, 0.2) is 41.9 Å². The van der Waals surface area contributed by atoms with Gasteiger partial charge in [0.1, 0.15) is 5.75 Å². The Balaban J connectivity index is 2.32. The fourth-order valence-corrected chi connectivity index (χ4v) is 1.81. The van der Waals surface area contributed by atoms with Gasteiger partial charge in [0.15, 0.2) is 5.76 Å². The second kappa shape index (κ2) is 4.82. The predicted octanol–water partition coefficient (Wildman–Crippen LogP) is 3.67. The summed E-state index contributed by atoms with van der Waals surface area (Å²) < 4.78 is 5.30. The number of carbonyl (C=O) groups is 1. The molecule has 5 heteroatoms. The van der Waals surface area contributed by atoms with E-state index in [4.69, 9.17) is 27.9 Å². The van der Waals surface area contributed by atoms with Gasteiger partial charge >= 0.3 is 0 Å². The van der Waals surface area contributed by atoms with Crippen molar-refractivity contribution in [3.63, 3.8) is 0 Å². The van der Waals surface area contributed by atoms with Crippen LogP contribution < -0.4 is 4.74 Å². The van der Waals surface area contributed by atoms with Gasteiger partial charge < -0.3 is 9.84 Å². The van der Waals surface area contributed by atoms with E-state index in [1.807, 2.05) is 0 Å². The molecule has 1 aliphatic rings. The zero-order chi connectivity index (χ0) is 12.4. The molecule has 1 aromatic rings. The number of hydrogen-bond acceptors (Lipinski definition) is 3. The van der Waals surface area contributed by atoms with Crippen molar-refractivity contribution < 1.29 is 14.6 Å². The number of allylic oxidation sites excluding steroid dienone is 3. The summed E-state index contributed by atoms with van der Waals surface area (Å²) in [6.45, 7) is 0. The zero-order valence-electron chi connectivity index (χ0n) is 8.61. The van der Waals surface area contributed by atoms with Crippen LogP contribution >= 0.6 is 23.2 Å². The van der Waals surface area contributed by atoms with Crippen molar-refractivity contribution in [3.8, 4) is 5.75 Å². The molecule has 1 N–H and O–H groups in total. The summed E-state index contributed by atoms with van der Waals surface area (Å²) in [4.78, 5) is 11.5.